The quantitative estimate of drug-likeness (QED) is 0.849. The SMILES string of the molecule is CC(C)CC(N)C(=O)N1CCN(c2ccn3ncc(Br)c3n2)CC1. The van der Waals surface area contributed by atoms with Gasteiger partial charge < -0.3 is 15.5 Å². The third-order valence-corrected chi connectivity index (χ3v) is 4.83. The van der Waals surface area contributed by atoms with Gasteiger partial charge >= 0.3 is 0 Å². The standard InChI is InChI=1S/C16H23BrN6O/c1-11(2)9-13(18)16(24)22-7-5-21(6-8-22)14-3-4-23-15(20-14)12(17)10-19-23/h3-4,10-11,13H,5-9,18H2,1-2H3. The highest BCUT2D eigenvalue weighted by Crippen LogP contribution is 2.20. The molecule has 1 aliphatic rings. The van der Waals surface area contributed by atoms with Gasteiger partial charge in [0, 0.05) is 32.4 Å². The van der Waals surface area contributed by atoms with Gasteiger partial charge in [0.15, 0.2) is 5.65 Å². The average Bonchev–Trinajstić information content (AvgIpc) is 2.94. The monoisotopic (exact) mass is 394 g/mol. The second-order valence-corrected chi connectivity index (χ2v) is 7.45. The third kappa shape index (κ3) is 3.54. The molecule has 1 saturated heterocycles. The number of hydrogen-bond donors (Lipinski definition) is 1. The van der Waals surface area contributed by atoms with Crippen LogP contribution in [-0.2, 0) is 4.79 Å². The zero-order valence-corrected chi connectivity index (χ0v) is 15.6. The van der Waals surface area contributed by atoms with E-state index in [9.17, 15) is 4.79 Å². The van der Waals surface area contributed by atoms with E-state index >= 15 is 0 Å². The number of hydrogen-bond acceptors (Lipinski definition) is 5. The van der Waals surface area contributed by atoms with Gasteiger partial charge in [0.05, 0.1) is 16.7 Å². The fourth-order valence-electron chi connectivity index (χ4n) is 3.01. The first kappa shape index (κ1) is 17.2. The summed E-state index contributed by atoms with van der Waals surface area (Å²) in [6.45, 7) is 7.04. The summed E-state index contributed by atoms with van der Waals surface area (Å²) in [7, 11) is 0. The highest BCUT2D eigenvalue weighted by atomic mass is 79.9. The van der Waals surface area contributed by atoms with Crippen LogP contribution >= 0.6 is 15.9 Å². The molecule has 0 spiro atoms. The summed E-state index contributed by atoms with van der Waals surface area (Å²) in [6.07, 6.45) is 4.36. The smallest absolute Gasteiger partial charge is 0.239 e. The first-order chi connectivity index (χ1) is 11.5. The lowest BCUT2D eigenvalue weighted by Crippen LogP contribution is -2.53. The van der Waals surface area contributed by atoms with Gasteiger partial charge in [-0.2, -0.15) is 5.10 Å². The molecule has 8 heteroatoms. The molecular weight excluding hydrogens is 372 g/mol. The van der Waals surface area contributed by atoms with Crippen molar-refractivity contribution in [3.05, 3.63) is 22.9 Å². The number of halogens is 1. The topological polar surface area (TPSA) is 79.8 Å². The second-order valence-electron chi connectivity index (χ2n) is 6.59. The van der Waals surface area contributed by atoms with Crippen molar-refractivity contribution in [2.45, 2.75) is 26.3 Å². The third-order valence-electron chi connectivity index (χ3n) is 4.27. The predicted molar refractivity (Wildman–Crippen MR) is 96.9 cm³/mol. The second kappa shape index (κ2) is 7.06. The van der Waals surface area contributed by atoms with Crippen LogP contribution in [0.25, 0.3) is 5.65 Å². The lowest BCUT2D eigenvalue weighted by atomic mass is 10.0. The molecule has 7 nitrogen and oxygen atoms in total. The molecule has 0 bridgehead atoms. The van der Waals surface area contributed by atoms with Gasteiger partial charge in [-0.05, 0) is 34.3 Å². The van der Waals surface area contributed by atoms with E-state index in [1.54, 1.807) is 10.7 Å². The van der Waals surface area contributed by atoms with E-state index < -0.39 is 6.04 Å². The summed E-state index contributed by atoms with van der Waals surface area (Å²) in [6, 6.07) is 1.56. The summed E-state index contributed by atoms with van der Waals surface area (Å²) < 4.78 is 2.61. The fraction of sp³-hybridized carbons (Fsp3) is 0.562. The van der Waals surface area contributed by atoms with Gasteiger partial charge in [0.2, 0.25) is 5.91 Å². The van der Waals surface area contributed by atoms with Gasteiger partial charge in [0.25, 0.3) is 0 Å². The Bertz CT molecular complexity index is 722. The van der Waals surface area contributed by atoms with Crippen LogP contribution in [0.4, 0.5) is 5.82 Å². The van der Waals surface area contributed by atoms with Gasteiger partial charge in [0.1, 0.15) is 5.82 Å². The Morgan fingerprint density at radius 2 is 2.04 bits per heavy atom. The molecule has 2 N–H and O–H groups in total. The molecular formula is C16H23BrN6O. The van der Waals surface area contributed by atoms with Gasteiger partial charge in [-0.3, -0.25) is 4.79 Å². The highest BCUT2D eigenvalue weighted by molar-refractivity contribution is 9.10. The summed E-state index contributed by atoms with van der Waals surface area (Å²) in [4.78, 5) is 21.1. The molecule has 1 unspecified atom stereocenters. The van der Waals surface area contributed by atoms with Crippen molar-refractivity contribution >= 4 is 33.3 Å². The minimum absolute atomic E-state index is 0.0605. The van der Waals surface area contributed by atoms with E-state index in [0.29, 0.717) is 19.0 Å². The summed E-state index contributed by atoms with van der Waals surface area (Å²) >= 11 is 3.46. The number of piperazine rings is 1. The van der Waals surface area contributed by atoms with Crippen molar-refractivity contribution in [2.75, 3.05) is 31.1 Å². The number of rotatable bonds is 4. The molecule has 3 heterocycles. The predicted octanol–water partition coefficient (Wildman–Crippen LogP) is 1.51. The minimum Gasteiger partial charge on any atom is -0.353 e. The van der Waals surface area contributed by atoms with Crippen LogP contribution in [0.3, 0.4) is 0 Å². The normalized spacial score (nSPS) is 16.9. The first-order valence-electron chi connectivity index (χ1n) is 8.25. The molecule has 1 atom stereocenters. The summed E-state index contributed by atoms with van der Waals surface area (Å²) in [5, 5.41) is 4.20. The Morgan fingerprint density at radius 1 is 1.33 bits per heavy atom. The molecule has 2 aromatic heterocycles. The van der Waals surface area contributed by atoms with Crippen molar-refractivity contribution in [1.82, 2.24) is 19.5 Å². The van der Waals surface area contributed by atoms with Crippen LogP contribution < -0.4 is 10.6 Å². The molecule has 130 valence electrons. The van der Waals surface area contributed by atoms with Crippen LogP contribution in [0.15, 0.2) is 22.9 Å². The minimum atomic E-state index is -0.395. The van der Waals surface area contributed by atoms with Crippen molar-refractivity contribution in [3.8, 4) is 0 Å². The van der Waals surface area contributed by atoms with Crippen LogP contribution in [-0.4, -0.2) is 57.6 Å². The Balaban J connectivity index is 1.63. The van der Waals surface area contributed by atoms with Crippen LogP contribution in [0.1, 0.15) is 20.3 Å². The molecule has 0 saturated carbocycles. The first-order valence-corrected chi connectivity index (χ1v) is 9.04. The molecule has 0 radical (unpaired) electrons. The molecule has 24 heavy (non-hydrogen) atoms. The van der Waals surface area contributed by atoms with Crippen molar-refractivity contribution < 1.29 is 4.79 Å². The molecule has 2 aromatic rings. The highest BCUT2D eigenvalue weighted by Gasteiger charge is 2.26. The van der Waals surface area contributed by atoms with E-state index in [1.807, 2.05) is 17.2 Å². The number of nitrogens with two attached hydrogens (primary N) is 1. The number of anilines is 1. The molecule has 0 aromatic carbocycles. The zero-order valence-electron chi connectivity index (χ0n) is 14.0. The van der Waals surface area contributed by atoms with Crippen LogP contribution in [0.5, 0.6) is 0 Å². The fourth-order valence-corrected chi connectivity index (χ4v) is 3.37. The molecule has 0 aliphatic carbocycles. The lowest BCUT2D eigenvalue weighted by Gasteiger charge is -2.36. The van der Waals surface area contributed by atoms with E-state index in [-0.39, 0.29) is 5.91 Å². The summed E-state index contributed by atoms with van der Waals surface area (Å²) in [5.41, 5.74) is 6.83. The molecule has 3 rings (SSSR count). The number of aromatic nitrogens is 3. The van der Waals surface area contributed by atoms with Gasteiger partial charge in [-0.15, -0.1) is 0 Å². The van der Waals surface area contributed by atoms with E-state index in [1.165, 1.54) is 0 Å². The maximum absolute atomic E-state index is 12.4. The van der Waals surface area contributed by atoms with E-state index in [0.717, 1.165) is 35.4 Å². The number of nitrogens with zero attached hydrogens (tertiary/aromatic N) is 5. The summed E-state index contributed by atoms with van der Waals surface area (Å²) in [5.74, 6) is 1.39. The Kier molecular flexibility index (Phi) is 5.05. The largest absolute Gasteiger partial charge is 0.353 e. The maximum atomic E-state index is 12.4. The Hall–Kier alpha value is -1.67. The number of amides is 1. The Labute approximate surface area is 149 Å². The van der Waals surface area contributed by atoms with Gasteiger partial charge in [-0.25, -0.2) is 9.50 Å². The van der Waals surface area contributed by atoms with E-state index in [2.05, 4.69) is 44.8 Å². The molecule has 1 aliphatic heterocycles. The number of carbonyl (C=O) groups is 1. The van der Waals surface area contributed by atoms with Crippen LogP contribution in [0, 0.1) is 5.92 Å². The lowest BCUT2D eigenvalue weighted by molar-refractivity contribution is -0.133. The van der Waals surface area contributed by atoms with Crippen molar-refractivity contribution in [3.63, 3.8) is 0 Å². The zero-order chi connectivity index (χ0) is 17.3. The number of fused-ring (bicyclic) bond motifs is 1. The average molecular weight is 395 g/mol. The van der Waals surface area contributed by atoms with E-state index in [4.69, 9.17) is 5.73 Å². The van der Waals surface area contributed by atoms with Crippen molar-refractivity contribution in [2.24, 2.45) is 11.7 Å². The molecule has 1 amide bonds. The van der Waals surface area contributed by atoms with Crippen molar-refractivity contribution in [1.29, 1.82) is 0 Å². The van der Waals surface area contributed by atoms with Crippen LogP contribution in [0.2, 0.25) is 0 Å². The Morgan fingerprint density at radius 3 is 2.71 bits per heavy atom. The van der Waals surface area contributed by atoms with Gasteiger partial charge in [-0.1, -0.05) is 13.8 Å². The number of carbonyl (C=O) groups excluding carboxylic acids is 1. The molecule has 1 fully saturated rings. The maximum Gasteiger partial charge on any atom is 0.239 e.